The van der Waals surface area contributed by atoms with E-state index in [9.17, 15) is 9.59 Å². The molecule has 0 unspecified atom stereocenters. The topological polar surface area (TPSA) is 69.4 Å². The maximum Gasteiger partial charge on any atom is 0.338 e. The summed E-state index contributed by atoms with van der Waals surface area (Å²) in [5.41, 5.74) is 6.36. The highest BCUT2D eigenvalue weighted by Crippen LogP contribution is 2.18. The molecular weight excluding hydrogens is 230 g/mol. The number of nitrogens with two attached hydrogens (primary N) is 1. The summed E-state index contributed by atoms with van der Waals surface area (Å²) in [4.78, 5) is 23.4. The quantitative estimate of drug-likeness (QED) is 0.637. The van der Waals surface area contributed by atoms with Gasteiger partial charge in [0.05, 0.1) is 5.56 Å². The molecule has 0 saturated heterocycles. The van der Waals surface area contributed by atoms with E-state index < -0.39 is 0 Å². The molecular formula is C14H17NO3. The van der Waals surface area contributed by atoms with Crippen LogP contribution in [0.3, 0.4) is 0 Å². The van der Waals surface area contributed by atoms with Crippen LogP contribution < -0.4 is 5.73 Å². The number of benzene rings is 1. The van der Waals surface area contributed by atoms with Crippen LogP contribution in [0, 0.1) is 0 Å². The third-order valence-electron chi connectivity index (χ3n) is 3.10. The molecule has 0 spiro atoms. The number of Topliss-reactive ketones (excluding diaryl/α,β-unsaturated/α-hetero) is 1. The van der Waals surface area contributed by atoms with Crippen molar-refractivity contribution in [3.05, 3.63) is 35.9 Å². The molecule has 1 fully saturated rings. The largest absolute Gasteiger partial charge is 0.458 e. The Labute approximate surface area is 106 Å². The van der Waals surface area contributed by atoms with Gasteiger partial charge in [-0.05, 0) is 25.0 Å². The Bertz CT molecular complexity index is 430. The smallest absolute Gasteiger partial charge is 0.338 e. The molecule has 18 heavy (non-hydrogen) atoms. The van der Waals surface area contributed by atoms with Crippen LogP contribution in [0.4, 0.5) is 0 Å². The van der Waals surface area contributed by atoms with Gasteiger partial charge in [-0.2, -0.15) is 0 Å². The number of carbonyl (C=O) groups is 2. The first kappa shape index (κ1) is 12.8. The van der Waals surface area contributed by atoms with E-state index in [0.717, 1.165) is 0 Å². The van der Waals surface area contributed by atoms with E-state index in [4.69, 9.17) is 10.5 Å². The summed E-state index contributed by atoms with van der Waals surface area (Å²) in [5.74, 6) is -0.267. The van der Waals surface area contributed by atoms with Crippen LogP contribution in [0.25, 0.3) is 0 Å². The highest BCUT2D eigenvalue weighted by Gasteiger charge is 2.25. The van der Waals surface area contributed by atoms with Crippen LogP contribution >= 0.6 is 0 Å². The Hall–Kier alpha value is -1.68. The van der Waals surface area contributed by atoms with Gasteiger partial charge in [0, 0.05) is 18.9 Å². The Morgan fingerprint density at radius 2 is 2.00 bits per heavy atom. The SMILES string of the molecule is N[C@@H]1CCC(=O)C[C@H](OC(=O)c2ccccc2)C1. The maximum atomic E-state index is 11.9. The zero-order valence-corrected chi connectivity index (χ0v) is 10.2. The maximum absolute atomic E-state index is 11.9. The lowest BCUT2D eigenvalue weighted by Gasteiger charge is -2.17. The minimum atomic E-state index is -0.387. The second kappa shape index (κ2) is 5.78. The Kier molecular flexibility index (Phi) is 4.10. The van der Waals surface area contributed by atoms with E-state index in [1.807, 2.05) is 6.07 Å². The zero-order chi connectivity index (χ0) is 13.0. The van der Waals surface area contributed by atoms with Gasteiger partial charge in [-0.25, -0.2) is 4.79 Å². The average molecular weight is 247 g/mol. The lowest BCUT2D eigenvalue weighted by molar-refractivity contribution is -0.120. The number of ether oxygens (including phenoxy) is 1. The Balaban J connectivity index is 1.99. The normalized spacial score (nSPS) is 24.4. The van der Waals surface area contributed by atoms with Crippen molar-refractivity contribution in [3.63, 3.8) is 0 Å². The van der Waals surface area contributed by atoms with E-state index in [2.05, 4.69) is 0 Å². The summed E-state index contributed by atoms with van der Waals surface area (Å²) in [7, 11) is 0. The molecule has 1 saturated carbocycles. The molecule has 0 heterocycles. The second-order valence-electron chi connectivity index (χ2n) is 4.67. The Morgan fingerprint density at radius 1 is 1.28 bits per heavy atom. The number of hydrogen-bond acceptors (Lipinski definition) is 4. The van der Waals surface area contributed by atoms with Crippen molar-refractivity contribution in [2.45, 2.75) is 37.8 Å². The summed E-state index contributed by atoms with van der Waals surface area (Å²) in [6, 6.07) is 8.72. The van der Waals surface area contributed by atoms with Crippen molar-refractivity contribution in [1.82, 2.24) is 0 Å². The van der Waals surface area contributed by atoms with Gasteiger partial charge in [-0.1, -0.05) is 18.2 Å². The molecule has 0 amide bonds. The molecule has 4 heteroatoms. The second-order valence-corrected chi connectivity index (χ2v) is 4.67. The molecule has 4 nitrogen and oxygen atoms in total. The average Bonchev–Trinajstić information content (AvgIpc) is 2.52. The summed E-state index contributed by atoms with van der Waals surface area (Å²) in [6.45, 7) is 0. The van der Waals surface area contributed by atoms with Crippen molar-refractivity contribution >= 4 is 11.8 Å². The molecule has 2 N–H and O–H groups in total. The molecule has 0 bridgehead atoms. The van der Waals surface area contributed by atoms with Crippen molar-refractivity contribution in [3.8, 4) is 0 Å². The van der Waals surface area contributed by atoms with Gasteiger partial charge in [0.25, 0.3) is 0 Å². The number of hydrogen-bond donors (Lipinski definition) is 1. The van der Waals surface area contributed by atoms with Gasteiger partial charge in [0.1, 0.15) is 11.9 Å². The van der Waals surface area contributed by atoms with Crippen molar-refractivity contribution in [2.24, 2.45) is 5.73 Å². The Morgan fingerprint density at radius 3 is 2.72 bits per heavy atom. The molecule has 2 atom stereocenters. The first-order chi connectivity index (χ1) is 8.65. The number of carbonyl (C=O) groups excluding carboxylic acids is 2. The van der Waals surface area contributed by atoms with Gasteiger partial charge in [0.2, 0.25) is 0 Å². The molecule has 0 radical (unpaired) electrons. The first-order valence-electron chi connectivity index (χ1n) is 6.18. The zero-order valence-electron chi connectivity index (χ0n) is 10.2. The van der Waals surface area contributed by atoms with Crippen molar-refractivity contribution in [1.29, 1.82) is 0 Å². The fraction of sp³-hybridized carbons (Fsp3) is 0.429. The predicted molar refractivity (Wildman–Crippen MR) is 67.1 cm³/mol. The standard InChI is InChI=1S/C14H17NO3/c15-11-6-7-12(16)9-13(8-11)18-14(17)10-4-2-1-3-5-10/h1-5,11,13H,6-9,15H2/t11-,13-/m1/s1. The number of esters is 1. The summed E-state index contributed by atoms with van der Waals surface area (Å²) in [5, 5.41) is 0. The van der Waals surface area contributed by atoms with Crippen LogP contribution in [0.15, 0.2) is 30.3 Å². The van der Waals surface area contributed by atoms with Crippen LogP contribution in [-0.2, 0) is 9.53 Å². The van der Waals surface area contributed by atoms with Gasteiger partial charge in [-0.3, -0.25) is 4.79 Å². The van der Waals surface area contributed by atoms with E-state index in [1.54, 1.807) is 24.3 Å². The van der Waals surface area contributed by atoms with Crippen LogP contribution in [0.5, 0.6) is 0 Å². The van der Waals surface area contributed by atoms with Gasteiger partial charge in [-0.15, -0.1) is 0 Å². The minimum absolute atomic E-state index is 0.0648. The molecule has 2 rings (SSSR count). The van der Waals surface area contributed by atoms with Crippen LogP contribution in [0.2, 0.25) is 0 Å². The van der Waals surface area contributed by atoms with Gasteiger partial charge in [0.15, 0.2) is 0 Å². The van der Waals surface area contributed by atoms with E-state index in [1.165, 1.54) is 0 Å². The minimum Gasteiger partial charge on any atom is -0.458 e. The highest BCUT2D eigenvalue weighted by atomic mass is 16.5. The molecule has 1 aliphatic carbocycles. The molecule has 1 aromatic rings. The summed E-state index contributed by atoms with van der Waals surface area (Å²) in [6.07, 6.45) is 1.62. The van der Waals surface area contributed by atoms with E-state index >= 15 is 0 Å². The van der Waals surface area contributed by atoms with Crippen LogP contribution in [-0.4, -0.2) is 23.9 Å². The third-order valence-corrected chi connectivity index (χ3v) is 3.10. The molecule has 0 aliphatic heterocycles. The van der Waals surface area contributed by atoms with Gasteiger partial charge < -0.3 is 10.5 Å². The molecule has 0 aromatic heterocycles. The molecule has 96 valence electrons. The van der Waals surface area contributed by atoms with Gasteiger partial charge >= 0.3 is 5.97 Å². The van der Waals surface area contributed by atoms with Crippen molar-refractivity contribution < 1.29 is 14.3 Å². The van der Waals surface area contributed by atoms with E-state index in [-0.39, 0.29) is 30.3 Å². The number of rotatable bonds is 2. The van der Waals surface area contributed by atoms with E-state index in [0.29, 0.717) is 24.8 Å². The first-order valence-corrected chi connectivity index (χ1v) is 6.18. The highest BCUT2D eigenvalue weighted by molar-refractivity contribution is 5.89. The molecule has 1 aliphatic rings. The third kappa shape index (κ3) is 3.40. The predicted octanol–water partition coefficient (Wildman–Crippen LogP) is 1.68. The fourth-order valence-electron chi connectivity index (χ4n) is 2.12. The van der Waals surface area contributed by atoms with Crippen LogP contribution in [0.1, 0.15) is 36.0 Å². The summed E-state index contributed by atoms with van der Waals surface area (Å²) < 4.78 is 5.36. The fourth-order valence-corrected chi connectivity index (χ4v) is 2.12. The lowest BCUT2D eigenvalue weighted by atomic mass is 10.1. The van der Waals surface area contributed by atoms with Crippen molar-refractivity contribution in [2.75, 3.05) is 0 Å². The monoisotopic (exact) mass is 247 g/mol. The summed E-state index contributed by atoms with van der Waals surface area (Å²) >= 11 is 0. The number of ketones is 1. The lowest BCUT2D eigenvalue weighted by Crippen LogP contribution is -2.27. The molecule has 1 aromatic carbocycles.